The van der Waals surface area contributed by atoms with Crippen molar-refractivity contribution in [3.05, 3.63) is 59.3 Å². The van der Waals surface area contributed by atoms with Crippen LogP contribution in [0.4, 0.5) is 19.0 Å². The van der Waals surface area contributed by atoms with Gasteiger partial charge in [0.2, 0.25) is 0 Å². The van der Waals surface area contributed by atoms with Crippen molar-refractivity contribution in [1.82, 2.24) is 4.98 Å². The third-order valence-electron chi connectivity index (χ3n) is 2.36. The molecule has 0 aliphatic carbocycles. The molecule has 1 heterocycles. The topological polar surface area (TPSA) is 38.9 Å². The Morgan fingerprint density at radius 3 is 2.37 bits per heavy atom. The van der Waals surface area contributed by atoms with Crippen LogP contribution in [0.1, 0.15) is 16.7 Å². The van der Waals surface area contributed by atoms with Crippen LogP contribution in [0, 0.1) is 11.8 Å². The maximum absolute atomic E-state index is 12.5. The largest absolute Gasteiger partial charge is 0.417 e. The number of halogens is 3. The molecular formula is C14H9F3N2. The number of aromatic nitrogens is 1. The standard InChI is InChI=1S/C14H9F3N2/c15-14(16,17)12-8-11(13(18)19-9-12)7-6-10-4-2-1-3-5-10/h1-5,8-9H,(H2,18,19). The Labute approximate surface area is 108 Å². The van der Waals surface area contributed by atoms with Crippen LogP contribution in [-0.4, -0.2) is 4.98 Å². The normalized spacial score (nSPS) is 10.7. The van der Waals surface area contributed by atoms with Gasteiger partial charge in [0.1, 0.15) is 5.82 Å². The molecule has 2 rings (SSSR count). The summed E-state index contributed by atoms with van der Waals surface area (Å²) in [6.07, 6.45) is -3.76. The molecule has 19 heavy (non-hydrogen) atoms. The Hall–Kier alpha value is -2.48. The van der Waals surface area contributed by atoms with Crippen molar-refractivity contribution in [2.45, 2.75) is 6.18 Å². The quantitative estimate of drug-likeness (QED) is 0.741. The summed E-state index contributed by atoms with van der Waals surface area (Å²) in [6, 6.07) is 9.81. The van der Waals surface area contributed by atoms with E-state index < -0.39 is 11.7 Å². The molecule has 2 aromatic rings. The SMILES string of the molecule is Nc1ncc(C(F)(F)F)cc1C#Cc1ccccc1. The van der Waals surface area contributed by atoms with Crippen LogP contribution in [0.15, 0.2) is 42.6 Å². The van der Waals surface area contributed by atoms with Crippen LogP contribution in [0.5, 0.6) is 0 Å². The highest BCUT2D eigenvalue weighted by atomic mass is 19.4. The van der Waals surface area contributed by atoms with Crippen LogP contribution < -0.4 is 5.73 Å². The van der Waals surface area contributed by atoms with Gasteiger partial charge in [-0.1, -0.05) is 30.0 Å². The first kappa shape index (κ1) is 13.0. The molecule has 1 aromatic carbocycles. The van der Waals surface area contributed by atoms with E-state index in [1.807, 2.05) is 6.07 Å². The van der Waals surface area contributed by atoms with Gasteiger partial charge >= 0.3 is 6.18 Å². The number of nitrogens with two attached hydrogens (primary N) is 1. The van der Waals surface area contributed by atoms with E-state index in [0.717, 1.165) is 6.07 Å². The lowest BCUT2D eigenvalue weighted by molar-refractivity contribution is -0.137. The lowest BCUT2D eigenvalue weighted by Gasteiger charge is -2.06. The summed E-state index contributed by atoms with van der Waals surface area (Å²) < 4.78 is 37.6. The molecule has 0 fully saturated rings. The van der Waals surface area contributed by atoms with Gasteiger partial charge in [0.25, 0.3) is 0 Å². The molecule has 0 saturated heterocycles. The van der Waals surface area contributed by atoms with E-state index in [0.29, 0.717) is 11.8 Å². The minimum Gasteiger partial charge on any atom is -0.383 e. The summed E-state index contributed by atoms with van der Waals surface area (Å²) >= 11 is 0. The number of nitrogen functional groups attached to an aromatic ring is 1. The van der Waals surface area contributed by atoms with Crippen molar-refractivity contribution in [2.24, 2.45) is 0 Å². The van der Waals surface area contributed by atoms with Crippen LogP contribution in [0.25, 0.3) is 0 Å². The van der Waals surface area contributed by atoms with Gasteiger partial charge in [-0.15, -0.1) is 0 Å². The molecule has 5 heteroatoms. The third kappa shape index (κ3) is 3.26. The van der Waals surface area contributed by atoms with E-state index in [1.165, 1.54) is 0 Å². The van der Waals surface area contributed by atoms with E-state index in [9.17, 15) is 13.2 Å². The van der Waals surface area contributed by atoms with Gasteiger partial charge in [0.15, 0.2) is 0 Å². The summed E-state index contributed by atoms with van der Waals surface area (Å²) in [5.74, 6) is 5.33. The molecule has 96 valence electrons. The van der Waals surface area contributed by atoms with Crippen molar-refractivity contribution >= 4 is 5.82 Å². The van der Waals surface area contributed by atoms with Gasteiger partial charge in [0, 0.05) is 11.8 Å². The number of nitrogens with zero attached hydrogens (tertiary/aromatic N) is 1. The average Bonchev–Trinajstić information content (AvgIpc) is 2.37. The Balaban J connectivity index is 2.38. The summed E-state index contributed by atoms with van der Waals surface area (Å²) in [5.41, 5.74) is 5.42. The first-order valence-electron chi connectivity index (χ1n) is 5.36. The lowest BCUT2D eigenvalue weighted by Crippen LogP contribution is -2.07. The van der Waals surface area contributed by atoms with Gasteiger partial charge in [-0.05, 0) is 18.2 Å². The first-order chi connectivity index (χ1) is 8.97. The van der Waals surface area contributed by atoms with Crippen molar-refractivity contribution in [3.63, 3.8) is 0 Å². The fourth-order valence-electron chi connectivity index (χ4n) is 1.39. The summed E-state index contributed by atoms with van der Waals surface area (Å²) in [7, 11) is 0. The maximum Gasteiger partial charge on any atom is 0.417 e. The van der Waals surface area contributed by atoms with Gasteiger partial charge < -0.3 is 5.73 Å². The molecule has 1 aromatic heterocycles. The van der Waals surface area contributed by atoms with Crippen LogP contribution >= 0.6 is 0 Å². The van der Waals surface area contributed by atoms with Crippen molar-refractivity contribution in [1.29, 1.82) is 0 Å². The molecular weight excluding hydrogens is 253 g/mol. The highest BCUT2D eigenvalue weighted by Gasteiger charge is 2.31. The Morgan fingerprint density at radius 2 is 1.74 bits per heavy atom. The molecule has 0 atom stereocenters. The first-order valence-corrected chi connectivity index (χ1v) is 5.36. The zero-order valence-corrected chi connectivity index (χ0v) is 9.70. The molecule has 0 spiro atoms. The predicted octanol–water partition coefficient (Wildman–Crippen LogP) is 3.08. The van der Waals surface area contributed by atoms with E-state index in [1.54, 1.807) is 24.3 Å². The summed E-state index contributed by atoms with van der Waals surface area (Å²) in [5, 5.41) is 0. The number of hydrogen-bond acceptors (Lipinski definition) is 2. The monoisotopic (exact) mass is 262 g/mol. The van der Waals surface area contributed by atoms with Crippen LogP contribution in [0.3, 0.4) is 0 Å². The smallest absolute Gasteiger partial charge is 0.383 e. The van der Waals surface area contributed by atoms with Gasteiger partial charge in [-0.3, -0.25) is 0 Å². The zero-order chi connectivity index (χ0) is 13.9. The molecule has 0 bridgehead atoms. The van der Waals surface area contributed by atoms with Crippen molar-refractivity contribution in [2.75, 3.05) is 5.73 Å². The number of alkyl halides is 3. The van der Waals surface area contributed by atoms with Crippen LogP contribution in [0.2, 0.25) is 0 Å². The molecule has 2 nitrogen and oxygen atoms in total. The predicted molar refractivity (Wildman–Crippen MR) is 66.1 cm³/mol. The van der Waals surface area contributed by atoms with E-state index in [2.05, 4.69) is 16.8 Å². The molecule has 0 amide bonds. The summed E-state index contributed by atoms with van der Waals surface area (Å²) in [4.78, 5) is 3.51. The highest BCUT2D eigenvalue weighted by Crippen LogP contribution is 2.29. The van der Waals surface area contributed by atoms with Gasteiger partial charge in [0.05, 0.1) is 11.1 Å². The molecule has 0 radical (unpaired) electrons. The lowest BCUT2D eigenvalue weighted by atomic mass is 10.1. The van der Waals surface area contributed by atoms with Gasteiger partial charge in [-0.25, -0.2) is 4.98 Å². The van der Waals surface area contributed by atoms with Crippen molar-refractivity contribution < 1.29 is 13.2 Å². The van der Waals surface area contributed by atoms with E-state index in [-0.39, 0.29) is 11.4 Å². The summed E-state index contributed by atoms with van der Waals surface area (Å²) in [6.45, 7) is 0. The average molecular weight is 262 g/mol. The Morgan fingerprint density at radius 1 is 1.05 bits per heavy atom. The Kier molecular flexibility index (Phi) is 3.43. The number of pyridine rings is 1. The molecule has 0 aliphatic heterocycles. The molecule has 0 unspecified atom stereocenters. The second-order valence-corrected chi connectivity index (χ2v) is 3.77. The number of hydrogen-bond donors (Lipinski definition) is 1. The minimum absolute atomic E-state index is 0.0172. The Bertz CT molecular complexity index is 637. The number of benzene rings is 1. The number of rotatable bonds is 0. The van der Waals surface area contributed by atoms with Gasteiger partial charge in [-0.2, -0.15) is 13.2 Å². The van der Waals surface area contributed by atoms with Crippen molar-refractivity contribution in [3.8, 4) is 11.8 Å². The third-order valence-corrected chi connectivity index (χ3v) is 2.36. The molecule has 0 saturated carbocycles. The minimum atomic E-state index is -4.45. The second-order valence-electron chi connectivity index (χ2n) is 3.77. The fraction of sp³-hybridized carbons (Fsp3) is 0.0714. The highest BCUT2D eigenvalue weighted by molar-refractivity contribution is 5.54. The fourth-order valence-corrected chi connectivity index (χ4v) is 1.39. The molecule has 0 aliphatic rings. The zero-order valence-electron chi connectivity index (χ0n) is 9.70. The van der Waals surface area contributed by atoms with E-state index >= 15 is 0 Å². The number of anilines is 1. The second kappa shape index (κ2) is 5.02. The molecule has 2 N–H and O–H groups in total. The van der Waals surface area contributed by atoms with Crippen LogP contribution in [-0.2, 0) is 6.18 Å². The maximum atomic E-state index is 12.5. The van der Waals surface area contributed by atoms with E-state index in [4.69, 9.17) is 5.73 Å².